The number of anilines is 1. The van der Waals surface area contributed by atoms with E-state index in [1.807, 2.05) is 17.0 Å². The molecule has 0 aromatic heterocycles. The van der Waals surface area contributed by atoms with Crippen LogP contribution in [0.3, 0.4) is 0 Å². The zero-order valence-electron chi connectivity index (χ0n) is 8.56. The second-order valence-corrected chi connectivity index (χ2v) is 4.77. The lowest BCUT2D eigenvalue weighted by Gasteiger charge is -2.29. The highest BCUT2D eigenvalue weighted by Crippen LogP contribution is 2.34. The number of hydrogen-bond donors (Lipinski definition) is 1. The molecule has 3 nitrogen and oxygen atoms in total. The van der Waals surface area contributed by atoms with Gasteiger partial charge in [-0.25, -0.2) is 0 Å². The third-order valence-electron chi connectivity index (χ3n) is 2.40. The Morgan fingerprint density at radius 2 is 2.40 bits per heavy atom. The molecule has 80 valence electrons. The molecule has 4 heteroatoms. The lowest BCUT2D eigenvalue weighted by molar-refractivity contribution is -0.135. The van der Waals surface area contributed by atoms with Gasteiger partial charge in [-0.15, -0.1) is 11.8 Å². The van der Waals surface area contributed by atoms with E-state index in [9.17, 15) is 4.79 Å². The van der Waals surface area contributed by atoms with Gasteiger partial charge in [-0.1, -0.05) is 6.07 Å². The largest absolute Gasteiger partial charge is 0.480 e. The number of carboxylic acids is 1. The standard InChI is InChI=1S/C11H13NO2S/c1-8-2-3-9-10(6-8)15-5-4-12(9)7-11(13)14/h2-3,6H,4-5,7H2,1H3,(H,13,14). The van der Waals surface area contributed by atoms with Crippen molar-refractivity contribution in [3.8, 4) is 0 Å². The fourth-order valence-corrected chi connectivity index (χ4v) is 2.86. The van der Waals surface area contributed by atoms with Gasteiger partial charge in [-0.2, -0.15) is 0 Å². The molecule has 0 atom stereocenters. The van der Waals surface area contributed by atoms with Crippen LogP contribution in [0, 0.1) is 6.92 Å². The lowest BCUT2D eigenvalue weighted by atomic mass is 10.2. The molecule has 1 aromatic rings. The Bertz CT molecular complexity index is 392. The normalized spacial score (nSPS) is 14.9. The van der Waals surface area contributed by atoms with Crippen molar-refractivity contribution in [3.63, 3.8) is 0 Å². The van der Waals surface area contributed by atoms with Crippen molar-refractivity contribution in [2.45, 2.75) is 11.8 Å². The van der Waals surface area contributed by atoms with Crippen molar-refractivity contribution in [2.24, 2.45) is 0 Å². The highest BCUT2D eigenvalue weighted by Gasteiger charge is 2.18. The summed E-state index contributed by atoms with van der Waals surface area (Å²) in [4.78, 5) is 13.8. The molecule has 0 amide bonds. The molecule has 0 saturated carbocycles. The van der Waals surface area contributed by atoms with Gasteiger partial charge in [-0.3, -0.25) is 4.79 Å². The van der Waals surface area contributed by atoms with Gasteiger partial charge in [-0.05, 0) is 24.6 Å². The number of nitrogens with zero attached hydrogens (tertiary/aromatic N) is 1. The van der Waals surface area contributed by atoms with Gasteiger partial charge < -0.3 is 10.0 Å². The van der Waals surface area contributed by atoms with Crippen LogP contribution in [-0.2, 0) is 4.79 Å². The van der Waals surface area contributed by atoms with Crippen LogP contribution in [0.1, 0.15) is 5.56 Å². The number of rotatable bonds is 2. The van der Waals surface area contributed by atoms with Gasteiger partial charge in [0, 0.05) is 17.2 Å². The van der Waals surface area contributed by atoms with Crippen LogP contribution in [-0.4, -0.2) is 29.9 Å². The molecule has 0 aliphatic carbocycles. The first-order valence-electron chi connectivity index (χ1n) is 4.87. The first kappa shape index (κ1) is 10.4. The molecular formula is C11H13NO2S. The number of carbonyl (C=O) groups is 1. The highest BCUT2D eigenvalue weighted by molar-refractivity contribution is 7.99. The van der Waals surface area contributed by atoms with E-state index in [1.54, 1.807) is 11.8 Å². The second-order valence-electron chi connectivity index (χ2n) is 3.63. The first-order chi connectivity index (χ1) is 7.16. The van der Waals surface area contributed by atoms with Gasteiger partial charge in [0.1, 0.15) is 6.54 Å². The highest BCUT2D eigenvalue weighted by atomic mass is 32.2. The average Bonchev–Trinajstić information content (AvgIpc) is 2.16. The summed E-state index contributed by atoms with van der Waals surface area (Å²) in [6.45, 7) is 2.96. The minimum absolute atomic E-state index is 0.0939. The SMILES string of the molecule is Cc1ccc2c(c1)SCCN2CC(=O)O. The fraction of sp³-hybridized carbons (Fsp3) is 0.364. The van der Waals surface area contributed by atoms with Gasteiger partial charge in [0.25, 0.3) is 0 Å². The maximum absolute atomic E-state index is 10.7. The Morgan fingerprint density at radius 1 is 1.60 bits per heavy atom. The minimum Gasteiger partial charge on any atom is -0.480 e. The van der Waals surface area contributed by atoms with Crippen molar-refractivity contribution >= 4 is 23.4 Å². The Morgan fingerprint density at radius 3 is 3.13 bits per heavy atom. The van der Waals surface area contributed by atoms with Crippen LogP contribution < -0.4 is 4.90 Å². The smallest absolute Gasteiger partial charge is 0.323 e. The monoisotopic (exact) mass is 223 g/mol. The summed E-state index contributed by atoms with van der Waals surface area (Å²) in [5.74, 6) is 0.192. The van der Waals surface area contributed by atoms with E-state index >= 15 is 0 Å². The molecule has 1 aromatic carbocycles. The van der Waals surface area contributed by atoms with Gasteiger partial charge >= 0.3 is 5.97 Å². The van der Waals surface area contributed by atoms with E-state index in [0.717, 1.165) is 18.0 Å². The van der Waals surface area contributed by atoms with Crippen LogP contribution in [0.5, 0.6) is 0 Å². The average molecular weight is 223 g/mol. The van der Waals surface area contributed by atoms with Crippen LogP contribution in [0.25, 0.3) is 0 Å². The van der Waals surface area contributed by atoms with Gasteiger partial charge in [0.15, 0.2) is 0 Å². The molecule has 0 bridgehead atoms. The molecule has 2 rings (SSSR count). The molecule has 1 aliphatic heterocycles. The van der Waals surface area contributed by atoms with Crippen molar-refractivity contribution in [2.75, 3.05) is 23.7 Å². The quantitative estimate of drug-likeness (QED) is 0.832. The second kappa shape index (κ2) is 4.14. The molecule has 1 aliphatic rings. The molecule has 0 unspecified atom stereocenters. The topological polar surface area (TPSA) is 40.5 Å². The van der Waals surface area contributed by atoms with Gasteiger partial charge in [0.05, 0.1) is 5.69 Å². The molecule has 0 fully saturated rings. The van der Waals surface area contributed by atoms with Crippen molar-refractivity contribution in [1.29, 1.82) is 0 Å². The van der Waals surface area contributed by atoms with Gasteiger partial charge in [0.2, 0.25) is 0 Å². The summed E-state index contributed by atoms with van der Waals surface area (Å²) in [6.07, 6.45) is 0. The Hall–Kier alpha value is -1.16. The lowest BCUT2D eigenvalue weighted by Crippen LogP contribution is -2.34. The van der Waals surface area contributed by atoms with E-state index in [1.165, 1.54) is 10.5 Å². The van der Waals surface area contributed by atoms with Crippen LogP contribution in [0.15, 0.2) is 23.1 Å². The van der Waals surface area contributed by atoms with Crippen LogP contribution in [0.2, 0.25) is 0 Å². The number of thioether (sulfide) groups is 1. The summed E-state index contributed by atoms with van der Waals surface area (Å²) >= 11 is 1.80. The number of carboxylic acid groups (broad SMARTS) is 1. The van der Waals surface area contributed by atoms with Crippen molar-refractivity contribution < 1.29 is 9.90 Å². The summed E-state index contributed by atoms with van der Waals surface area (Å²) in [5, 5.41) is 8.80. The predicted molar refractivity (Wildman–Crippen MR) is 61.8 cm³/mol. The number of hydrogen-bond acceptors (Lipinski definition) is 3. The van der Waals surface area contributed by atoms with E-state index in [-0.39, 0.29) is 6.54 Å². The Kier molecular flexibility index (Phi) is 2.86. The third kappa shape index (κ3) is 2.26. The van der Waals surface area contributed by atoms with Crippen molar-refractivity contribution in [3.05, 3.63) is 23.8 Å². The summed E-state index contributed by atoms with van der Waals surface area (Å²) < 4.78 is 0. The summed E-state index contributed by atoms with van der Waals surface area (Å²) in [7, 11) is 0. The Labute approximate surface area is 93.1 Å². The molecule has 0 radical (unpaired) electrons. The zero-order valence-corrected chi connectivity index (χ0v) is 9.38. The maximum Gasteiger partial charge on any atom is 0.323 e. The molecule has 0 saturated heterocycles. The number of aliphatic carboxylic acids is 1. The fourth-order valence-electron chi connectivity index (χ4n) is 1.71. The maximum atomic E-state index is 10.7. The third-order valence-corrected chi connectivity index (χ3v) is 3.43. The number of benzene rings is 1. The molecule has 1 heterocycles. The first-order valence-corrected chi connectivity index (χ1v) is 5.85. The minimum atomic E-state index is -0.770. The molecular weight excluding hydrogens is 210 g/mol. The van der Waals surface area contributed by atoms with E-state index < -0.39 is 5.97 Å². The number of aryl methyl sites for hydroxylation is 1. The van der Waals surface area contributed by atoms with Crippen LogP contribution in [0.4, 0.5) is 5.69 Å². The van der Waals surface area contributed by atoms with Crippen LogP contribution >= 0.6 is 11.8 Å². The van der Waals surface area contributed by atoms with Crippen molar-refractivity contribution in [1.82, 2.24) is 0 Å². The molecule has 1 N–H and O–H groups in total. The zero-order chi connectivity index (χ0) is 10.8. The van der Waals surface area contributed by atoms with E-state index in [4.69, 9.17) is 5.11 Å². The van der Waals surface area contributed by atoms with E-state index in [0.29, 0.717) is 0 Å². The number of fused-ring (bicyclic) bond motifs is 1. The molecule has 15 heavy (non-hydrogen) atoms. The summed E-state index contributed by atoms with van der Waals surface area (Å²) in [5.41, 5.74) is 2.28. The molecule has 0 spiro atoms. The predicted octanol–water partition coefficient (Wildman–Crippen LogP) is 1.99. The van der Waals surface area contributed by atoms with E-state index in [2.05, 4.69) is 13.0 Å². The summed E-state index contributed by atoms with van der Waals surface area (Å²) in [6, 6.07) is 6.16. The Balaban J connectivity index is 2.30.